The summed E-state index contributed by atoms with van der Waals surface area (Å²) in [5.41, 5.74) is 17.5. The van der Waals surface area contributed by atoms with Gasteiger partial charge in [-0.05, 0) is 111 Å². The lowest BCUT2D eigenvalue weighted by atomic mass is 9.33. The Bertz CT molecular complexity index is 2570. The average molecular weight is 698 g/mol. The molecule has 1 aromatic heterocycles. The molecule has 0 aliphatic carbocycles. The van der Waals surface area contributed by atoms with Gasteiger partial charge in [-0.15, -0.1) is 0 Å². The number of fused-ring (bicyclic) bond motifs is 7. The van der Waals surface area contributed by atoms with Crippen LogP contribution in [0.3, 0.4) is 0 Å². The maximum Gasteiger partial charge on any atom is 0.252 e. The van der Waals surface area contributed by atoms with Crippen LogP contribution in [0.1, 0.15) is 52.7 Å². The zero-order chi connectivity index (χ0) is 36.9. The van der Waals surface area contributed by atoms with Crippen LogP contribution < -0.4 is 26.2 Å². The molecule has 0 amide bonds. The maximum absolute atomic E-state index is 2.52. The van der Waals surface area contributed by atoms with E-state index in [1.807, 2.05) is 0 Å². The summed E-state index contributed by atoms with van der Waals surface area (Å²) in [6, 6.07) is 59.0. The molecule has 0 radical (unpaired) electrons. The number of hydrogen-bond acceptors (Lipinski definition) is 2. The number of para-hydroxylation sites is 4. The summed E-state index contributed by atoms with van der Waals surface area (Å²) in [5, 5.41) is 2.59. The molecule has 10 rings (SSSR count). The quantitative estimate of drug-likeness (QED) is 0.170. The second-order valence-corrected chi connectivity index (χ2v) is 17.1. The Labute approximate surface area is 319 Å². The van der Waals surface area contributed by atoms with Crippen LogP contribution in [0, 0.1) is 0 Å². The van der Waals surface area contributed by atoms with Crippen LogP contribution in [0.25, 0.3) is 27.5 Å². The lowest BCUT2D eigenvalue weighted by Gasteiger charge is -2.44. The van der Waals surface area contributed by atoms with Crippen molar-refractivity contribution in [2.75, 3.05) is 9.80 Å². The van der Waals surface area contributed by atoms with E-state index < -0.39 is 0 Å². The second kappa shape index (κ2) is 11.8. The van der Waals surface area contributed by atoms with E-state index in [0.29, 0.717) is 0 Å². The van der Waals surface area contributed by atoms with E-state index in [9.17, 15) is 0 Å². The molecule has 3 heterocycles. The van der Waals surface area contributed by atoms with Crippen molar-refractivity contribution in [3.05, 3.63) is 169 Å². The summed E-state index contributed by atoms with van der Waals surface area (Å²) in [7, 11) is 0. The zero-order valence-corrected chi connectivity index (χ0v) is 31.9. The minimum absolute atomic E-state index is 0.0302. The molecule has 0 bridgehead atoms. The van der Waals surface area contributed by atoms with Crippen LogP contribution in [-0.4, -0.2) is 11.3 Å². The van der Waals surface area contributed by atoms with Crippen LogP contribution >= 0.6 is 0 Å². The molecular weight excluding hydrogens is 653 g/mol. The number of hydrogen-bond donors (Lipinski definition) is 0. The van der Waals surface area contributed by atoms with Gasteiger partial charge in [0.2, 0.25) is 0 Å². The van der Waals surface area contributed by atoms with E-state index in [0.717, 1.165) is 17.1 Å². The highest BCUT2D eigenvalue weighted by atomic mass is 15.2. The normalized spacial score (nSPS) is 13.6. The molecule has 2 aliphatic rings. The molecule has 0 atom stereocenters. The molecular formula is C50H44BN3. The van der Waals surface area contributed by atoms with Crippen molar-refractivity contribution in [2.24, 2.45) is 0 Å². The minimum Gasteiger partial charge on any atom is -0.311 e. The molecule has 3 nitrogen and oxygen atoms in total. The summed E-state index contributed by atoms with van der Waals surface area (Å²) in [6.07, 6.45) is 0. The highest BCUT2D eigenvalue weighted by Gasteiger charge is 2.43. The molecule has 0 fully saturated rings. The predicted octanol–water partition coefficient (Wildman–Crippen LogP) is 11.5. The molecule has 7 aromatic carbocycles. The first-order chi connectivity index (χ1) is 26.1. The van der Waals surface area contributed by atoms with Crippen LogP contribution in [0.5, 0.6) is 0 Å². The number of nitrogens with zero attached hydrogens (tertiary/aromatic N) is 3. The first kappa shape index (κ1) is 32.6. The molecule has 0 saturated carbocycles. The van der Waals surface area contributed by atoms with Crippen LogP contribution in [0.4, 0.5) is 34.1 Å². The molecule has 2 aliphatic heterocycles. The Morgan fingerprint density at radius 3 is 1.22 bits per heavy atom. The molecule has 54 heavy (non-hydrogen) atoms. The lowest BCUT2D eigenvalue weighted by Crippen LogP contribution is -2.61. The number of anilines is 6. The lowest BCUT2D eigenvalue weighted by molar-refractivity contribution is 0.590. The van der Waals surface area contributed by atoms with Crippen molar-refractivity contribution in [3.8, 4) is 5.69 Å². The minimum atomic E-state index is 0.0302. The highest BCUT2D eigenvalue weighted by Crippen LogP contribution is 2.46. The van der Waals surface area contributed by atoms with Crippen molar-refractivity contribution in [1.82, 2.24) is 4.57 Å². The summed E-state index contributed by atoms with van der Waals surface area (Å²) >= 11 is 0. The monoisotopic (exact) mass is 697 g/mol. The standard InChI is InChI=1S/C50H44BN3/c1-49(2,3)33-25-27-42-38(29-33)39-30-34(50(4,5)6)26-28-43(39)54(42)37-31-46-48-47(32-37)53(36-19-11-8-12-20-36)45-24-16-14-22-41(45)51(48)40-21-13-15-23-44(40)52(46)35-17-9-7-10-18-35/h7-32H,1-6H3. The van der Waals surface area contributed by atoms with Crippen LogP contribution in [0.2, 0.25) is 0 Å². The van der Waals surface area contributed by atoms with Gasteiger partial charge in [0.15, 0.2) is 0 Å². The third-order valence-electron chi connectivity index (χ3n) is 11.7. The summed E-state index contributed by atoms with van der Waals surface area (Å²) in [6.45, 7) is 13.9. The average Bonchev–Trinajstić information content (AvgIpc) is 3.51. The van der Waals surface area contributed by atoms with Gasteiger partial charge in [0.1, 0.15) is 0 Å². The topological polar surface area (TPSA) is 11.4 Å². The maximum atomic E-state index is 2.52. The summed E-state index contributed by atoms with van der Waals surface area (Å²) < 4.78 is 2.52. The van der Waals surface area contributed by atoms with Gasteiger partial charge in [-0.25, -0.2) is 0 Å². The fourth-order valence-corrected chi connectivity index (χ4v) is 8.96. The molecule has 4 heteroatoms. The Kier molecular flexibility index (Phi) is 7.10. The van der Waals surface area contributed by atoms with Crippen molar-refractivity contribution in [3.63, 3.8) is 0 Å². The molecule has 262 valence electrons. The number of aromatic nitrogens is 1. The van der Waals surface area contributed by atoms with Gasteiger partial charge in [-0.2, -0.15) is 0 Å². The smallest absolute Gasteiger partial charge is 0.252 e. The third kappa shape index (κ3) is 4.89. The predicted molar refractivity (Wildman–Crippen MR) is 232 cm³/mol. The first-order valence-corrected chi connectivity index (χ1v) is 19.2. The summed E-state index contributed by atoms with van der Waals surface area (Å²) in [5.74, 6) is 0. The first-order valence-electron chi connectivity index (χ1n) is 19.2. The fraction of sp³-hybridized carbons (Fsp3) is 0.160. The van der Waals surface area contributed by atoms with Gasteiger partial charge in [-0.3, -0.25) is 0 Å². The van der Waals surface area contributed by atoms with Gasteiger partial charge >= 0.3 is 0 Å². The molecule has 0 spiro atoms. The Morgan fingerprint density at radius 1 is 0.389 bits per heavy atom. The Balaban J connectivity index is 1.35. The highest BCUT2D eigenvalue weighted by molar-refractivity contribution is 7.00. The van der Waals surface area contributed by atoms with Gasteiger partial charge < -0.3 is 14.4 Å². The van der Waals surface area contributed by atoms with E-state index in [2.05, 4.69) is 214 Å². The second-order valence-electron chi connectivity index (χ2n) is 17.1. The van der Waals surface area contributed by atoms with E-state index >= 15 is 0 Å². The summed E-state index contributed by atoms with van der Waals surface area (Å²) in [4.78, 5) is 4.99. The molecule has 0 unspecified atom stereocenters. The molecule has 0 saturated heterocycles. The Hall–Kier alpha value is -6.00. The van der Waals surface area contributed by atoms with Crippen molar-refractivity contribution < 1.29 is 0 Å². The van der Waals surface area contributed by atoms with E-state index in [4.69, 9.17) is 0 Å². The van der Waals surface area contributed by atoms with E-state index in [1.165, 1.54) is 72.1 Å². The van der Waals surface area contributed by atoms with Crippen LogP contribution in [0.15, 0.2) is 158 Å². The van der Waals surface area contributed by atoms with Gasteiger partial charge in [0, 0.05) is 44.9 Å². The van der Waals surface area contributed by atoms with Crippen LogP contribution in [-0.2, 0) is 10.8 Å². The zero-order valence-electron chi connectivity index (χ0n) is 31.9. The van der Waals surface area contributed by atoms with Gasteiger partial charge in [-0.1, -0.05) is 126 Å². The van der Waals surface area contributed by atoms with Crippen molar-refractivity contribution in [1.29, 1.82) is 0 Å². The van der Waals surface area contributed by atoms with Gasteiger partial charge in [0.25, 0.3) is 6.71 Å². The van der Waals surface area contributed by atoms with Gasteiger partial charge in [0.05, 0.1) is 16.7 Å². The Morgan fingerprint density at radius 2 is 0.796 bits per heavy atom. The largest absolute Gasteiger partial charge is 0.311 e. The van der Waals surface area contributed by atoms with Crippen molar-refractivity contribution >= 4 is 79.0 Å². The van der Waals surface area contributed by atoms with E-state index in [1.54, 1.807) is 0 Å². The van der Waals surface area contributed by atoms with Crippen molar-refractivity contribution in [2.45, 2.75) is 52.4 Å². The fourth-order valence-electron chi connectivity index (χ4n) is 8.96. The number of rotatable bonds is 3. The SMILES string of the molecule is CC(C)(C)c1ccc2c(c1)c1cc(C(C)(C)C)ccc1n2-c1cc2c3c(c1)N(c1ccccc1)c1ccccc1B3c1ccccc1N2c1ccccc1. The molecule has 0 N–H and O–H groups in total. The third-order valence-corrected chi connectivity index (χ3v) is 11.7. The number of benzene rings is 7. The van der Waals surface area contributed by atoms with E-state index in [-0.39, 0.29) is 17.5 Å². The molecule has 8 aromatic rings.